The first-order valence-corrected chi connectivity index (χ1v) is 8.39. The number of nitrogens with one attached hydrogen (secondary N) is 1. The van der Waals surface area contributed by atoms with Crippen LogP contribution < -0.4 is 10.1 Å². The maximum atomic E-state index is 13.3. The maximum absolute atomic E-state index is 13.3. The predicted molar refractivity (Wildman–Crippen MR) is 81.6 cm³/mol. The van der Waals surface area contributed by atoms with E-state index in [1.165, 1.54) is 12.3 Å². The minimum absolute atomic E-state index is 0.118. The molecule has 2 saturated carbocycles. The van der Waals surface area contributed by atoms with E-state index in [0.29, 0.717) is 24.8 Å². The molecule has 4 nitrogen and oxygen atoms in total. The molecular formula is C17H19F5N2O2. The van der Waals surface area contributed by atoms with Crippen molar-refractivity contribution in [2.24, 2.45) is 11.3 Å². The van der Waals surface area contributed by atoms with E-state index in [4.69, 9.17) is 0 Å². The number of nitrogens with zero attached hydrogens (tertiary/aromatic N) is 1. The van der Waals surface area contributed by atoms with Crippen molar-refractivity contribution in [3.63, 3.8) is 0 Å². The first-order chi connectivity index (χ1) is 12.1. The number of pyridine rings is 1. The van der Waals surface area contributed by atoms with Crippen LogP contribution in [0.15, 0.2) is 18.3 Å². The number of hydrogen-bond donors (Lipinski definition) is 1. The van der Waals surface area contributed by atoms with Gasteiger partial charge in [-0.05, 0) is 36.3 Å². The van der Waals surface area contributed by atoms with Gasteiger partial charge >= 0.3 is 6.18 Å². The first kappa shape index (κ1) is 18.8. The monoisotopic (exact) mass is 378 g/mol. The minimum Gasteiger partial charge on any atom is -0.468 e. The summed E-state index contributed by atoms with van der Waals surface area (Å²) in [4.78, 5) is 16.0. The van der Waals surface area contributed by atoms with Crippen LogP contribution in [0.1, 0.15) is 37.7 Å². The fraction of sp³-hybridized carbons (Fsp3) is 0.647. The molecule has 1 N–H and O–H groups in total. The molecule has 1 unspecified atom stereocenters. The summed E-state index contributed by atoms with van der Waals surface area (Å²) in [6, 6.07) is 2.89. The smallest absolute Gasteiger partial charge is 0.422 e. The van der Waals surface area contributed by atoms with Crippen molar-refractivity contribution in [2.45, 2.75) is 50.7 Å². The van der Waals surface area contributed by atoms with Crippen molar-refractivity contribution in [2.75, 3.05) is 6.61 Å². The van der Waals surface area contributed by atoms with Crippen LogP contribution in [0.2, 0.25) is 0 Å². The molecule has 1 spiro atoms. The van der Waals surface area contributed by atoms with Gasteiger partial charge in [0.05, 0.1) is 0 Å². The number of amides is 1. The molecule has 0 radical (unpaired) electrons. The lowest BCUT2D eigenvalue weighted by Gasteiger charge is -2.29. The SMILES string of the molecule is O=C(NCc1ccnc(OCC(F)(F)F)c1)C1CC12CCC(F)(F)CC2. The van der Waals surface area contributed by atoms with Crippen LogP contribution in [0, 0.1) is 11.3 Å². The lowest BCUT2D eigenvalue weighted by Crippen LogP contribution is -2.31. The number of carbonyl (C=O) groups excluding carboxylic acids is 1. The Kier molecular flexibility index (Phi) is 4.83. The molecule has 144 valence electrons. The van der Waals surface area contributed by atoms with Crippen molar-refractivity contribution in [3.8, 4) is 5.88 Å². The molecule has 1 aromatic heterocycles. The molecule has 0 aliphatic heterocycles. The normalized spacial score (nSPS) is 23.5. The molecule has 26 heavy (non-hydrogen) atoms. The lowest BCUT2D eigenvalue weighted by atomic mass is 9.82. The second kappa shape index (κ2) is 6.66. The highest BCUT2D eigenvalue weighted by molar-refractivity contribution is 5.82. The van der Waals surface area contributed by atoms with E-state index in [2.05, 4.69) is 15.0 Å². The summed E-state index contributed by atoms with van der Waals surface area (Å²) in [5, 5.41) is 2.72. The van der Waals surface area contributed by atoms with Gasteiger partial charge in [-0.2, -0.15) is 13.2 Å². The van der Waals surface area contributed by atoms with Gasteiger partial charge < -0.3 is 10.1 Å². The summed E-state index contributed by atoms with van der Waals surface area (Å²) in [5.74, 6) is -3.27. The molecule has 9 heteroatoms. The van der Waals surface area contributed by atoms with E-state index in [1.807, 2.05) is 0 Å². The third-order valence-corrected chi connectivity index (χ3v) is 5.13. The lowest BCUT2D eigenvalue weighted by molar-refractivity contribution is -0.154. The molecule has 2 fully saturated rings. The number of rotatable bonds is 5. The third-order valence-electron chi connectivity index (χ3n) is 5.13. The molecule has 2 aliphatic rings. The van der Waals surface area contributed by atoms with Crippen LogP contribution in [0.5, 0.6) is 5.88 Å². The Bertz CT molecular complexity index is 667. The van der Waals surface area contributed by atoms with Gasteiger partial charge in [0, 0.05) is 37.6 Å². The molecule has 3 rings (SSSR count). The quantitative estimate of drug-likeness (QED) is 0.792. The van der Waals surface area contributed by atoms with Gasteiger partial charge in [0.15, 0.2) is 6.61 Å². The Morgan fingerprint density at radius 3 is 2.62 bits per heavy atom. The molecule has 1 atom stereocenters. The average Bonchev–Trinajstić information content (AvgIpc) is 3.28. The Labute approximate surface area is 147 Å². The zero-order valence-electron chi connectivity index (χ0n) is 13.9. The van der Waals surface area contributed by atoms with Crippen molar-refractivity contribution >= 4 is 5.91 Å². The predicted octanol–water partition coefficient (Wildman–Crippen LogP) is 3.85. The molecule has 0 saturated heterocycles. The summed E-state index contributed by atoms with van der Waals surface area (Å²) in [5.41, 5.74) is 0.251. The number of halogens is 5. The van der Waals surface area contributed by atoms with E-state index in [0.717, 1.165) is 0 Å². The average molecular weight is 378 g/mol. The summed E-state index contributed by atoms with van der Waals surface area (Å²) in [6.07, 6.45) is -2.20. The number of ether oxygens (including phenoxy) is 1. The second-order valence-corrected chi connectivity index (χ2v) is 7.10. The summed E-state index contributed by atoms with van der Waals surface area (Å²) >= 11 is 0. The van der Waals surface area contributed by atoms with Gasteiger partial charge in [0.25, 0.3) is 0 Å². The molecule has 1 amide bonds. The Morgan fingerprint density at radius 2 is 1.96 bits per heavy atom. The van der Waals surface area contributed by atoms with Crippen LogP contribution in [-0.2, 0) is 11.3 Å². The van der Waals surface area contributed by atoms with E-state index >= 15 is 0 Å². The Morgan fingerprint density at radius 1 is 1.27 bits per heavy atom. The highest BCUT2D eigenvalue weighted by Crippen LogP contribution is 2.63. The van der Waals surface area contributed by atoms with Gasteiger partial charge in [0.1, 0.15) is 0 Å². The van der Waals surface area contributed by atoms with Crippen molar-refractivity contribution in [1.29, 1.82) is 0 Å². The molecule has 1 aromatic rings. The van der Waals surface area contributed by atoms with Crippen LogP contribution in [-0.4, -0.2) is 29.6 Å². The standard InChI is InChI=1S/C17H19F5N2O2/c18-16(19)4-2-15(3-5-16)8-12(15)14(25)24-9-11-1-6-23-13(7-11)26-10-17(20,21)22/h1,6-7,12H,2-5,8-10H2,(H,24,25). The fourth-order valence-corrected chi connectivity index (χ4v) is 3.49. The number of hydrogen-bond acceptors (Lipinski definition) is 3. The van der Waals surface area contributed by atoms with Gasteiger partial charge in [-0.3, -0.25) is 4.79 Å². The van der Waals surface area contributed by atoms with E-state index < -0.39 is 18.7 Å². The zero-order chi connectivity index (χ0) is 19.0. The highest BCUT2D eigenvalue weighted by Gasteiger charge is 2.60. The Balaban J connectivity index is 1.48. The highest BCUT2D eigenvalue weighted by atomic mass is 19.4. The van der Waals surface area contributed by atoms with Gasteiger partial charge in [-0.25, -0.2) is 13.8 Å². The minimum atomic E-state index is -4.46. The van der Waals surface area contributed by atoms with E-state index in [9.17, 15) is 26.7 Å². The summed E-state index contributed by atoms with van der Waals surface area (Å²) < 4.78 is 67.6. The van der Waals surface area contributed by atoms with Gasteiger partial charge in [-0.15, -0.1) is 0 Å². The third kappa shape index (κ3) is 4.62. The first-order valence-electron chi connectivity index (χ1n) is 8.39. The summed E-state index contributed by atoms with van der Waals surface area (Å²) in [7, 11) is 0. The largest absolute Gasteiger partial charge is 0.468 e. The van der Waals surface area contributed by atoms with Crippen molar-refractivity contribution in [1.82, 2.24) is 10.3 Å². The van der Waals surface area contributed by atoms with Crippen LogP contribution >= 0.6 is 0 Å². The number of alkyl halides is 5. The second-order valence-electron chi connectivity index (χ2n) is 7.10. The van der Waals surface area contributed by atoms with Crippen LogP contribution in [0.4, 0.5) is 22.0 Å². The molecule has 0 aromatic carbocycles. The molecule has 2 aliphatic carbocycles. The van der Waals surface area contributed by atoms with Gasteiger partial charge in [0.2, 0.25) is 17.7 Å². The molecule has 0 bridgehead atoms. The van der Waals surface area contributed by atoms with E-state index in [-0.39, 0.29) is 42.5 Å². The van der Waals surface area contributed by atoms with Gasteiger partial charge in [-0.1, -0.05) is 0 Å². The number of carbonyl (C=O) groups is 1. The van der Waals surface area contributed by atoms with Crippen molar-refractivity contribution in [3.05, 3.63) is 23.9 Å². The molecular weight excluding hydrogens is 359 g/mol. The number of aromatic nitrogens is 1. The van der Waals surface area contributed by atoms with Crippen LogP contribution in [0.25, 0.3) is 0 Å². The zero-order valence-corrected chi connectivity index (χ0v) is 13.9. The maximum Gasteiger partial charge on any atom is 0.422 e. The van der Waals surface area contributed by atoms with Crippen molar-refractivity contribution < 1.29 is 31.5 Å². The summed E-state index contributed by atoms with van der Waals surface area (Å²) in [6.45, 7) is -1.32. The Hall–Kier alpha value is -1.93. The van der Waals surface area contributed by atoms with Crippen LogP contribution in [0.3, 0.4) is 0 Å². The molecule has 1 heterocycles. The fourth-order valence-electron chi connectivity index (χ4n) is 3.49. The van der Waals surface area contributed by atoms with E-state index in [1.54, 1.807) is 6.07 Å². The topological polar surface area (TPSA) is 51.2 Å².